The molecule has 2 aromatic carbocycles. The highest BCUT2D eigenvalue weighted by Gasteiger charge is 2.32. The predicted molar refractivity (Wildman–Crippen MR) is 158 cm³/mol. The fourth-order valence-electron chi connectivity index (χ4n) is 4.70. The minimum atomic E-state index is -0.528. The number of amides is 3. The maximum atomic E-state index is 13.3. The molecule has 1 heterocycles. The first-order valence-corrected chi connectivity index (χ1v) is 14.4. The van der Waals surface area contributed by atoms with Gasteiger partial charge in [-0.25, -0.2) is 5.06 Å². The first-order chi connectivity index (χ1) is 20.4. The highest BCUT2D eigenvalue weighted by atomic mass is 16.7. The number of rotatable bonds is 18. The second-order valence-electron chi connectivity index (χ2n) is 9.84. The third-order valence-electron chi connectivity index (χ3n) is 6.82. The number of hydrogen-bond acceptors (Lipinski definition) is 7. The van der Waals surface area contributed by atoms with Crippen molar-refractivity contribution in [2.75, 3.05) is 13.3 Å². The Morgan fingerprint density at radius 3 is 2.50 bits per heavy atom. The highest BCUT2D eigenvalue weighted by Crippen LogP contribution is 2.30. The molecule has 0 saturated carbocycles. The third kappa shape index (κ3) is 9.37. The fraction of sp³-hybridized carbons (Fsp3) is 0.406. The number of ether oxygens (including phenoxy) is 1. The summed E-state index contributed by atoms with van der Waals surface area (Å²) in [5, 5.41) is 16.7. The maximum absolute atomic E-state index is 13.3. The number of carbonyl (C=O) groups excluding carboxylic acids is 3. The monoisotopic (exact) mass is 579 g/mol. The van der Waals surface area contributed by atoms with E-state index >= 15 is 0 Å². The molecule has 1 unspecified atom stereocenters. The molecule has 10 nitrogen and oxygen atoms in total. The number of hydrogen-bond donors (Lipinski definition) is 3. The van der Waals surface area contributed by atoms with Crippen LogP contribution in [0.1, 0.15) is 69.0 Å². The van der Waals surface area contributed by atoms with Gasteiger partial charge in [-0.3, -0.25) is 19.2 Å². The summed E-state index contributed by atoms with van der Waals surface area (Å²) in [7, 11) is 0. The van der Waals surface area contributed by atoms with Crippen LogP contribution in [0, 0.1) is 5.92 Å². The number of carbonyl (C=O) groups is 3. The van der Waals surface area contributed by atoms with Crippen LogP contribution in [0.15, 0.2) is 65.1 Å². The van der Waals surface area contributed by atoms with Crippen LogP contribution in [0.2, 0.25) is 0 Å². The minimum Gasteiger partial charge on any atom is -0.508 e. The molecule has 10 heteroatoms. The molecule has 3 rings (SSSR count). The van der Waals surface area contributed by atoms with E-state index in [1.54, 1.807) is 12.1 Å². The molecular weight excluding hydrogens is 538 g/mol. The van der Waals surface area contributed by atoms with Crippen LogP contribution >= 0.6 is 0 Å². The lowest BCUT2D eigenvalue weighted by atomic mass is 9.90. The van der Waals surface area contributed by atoms with Crippen molar-refractivity contribution < 1.29 is 33.5 Å². The quantitative estimate of drug-likeness (QED) is 0.0794. The van der Waals surface area contributed by atoms with Crippen LogP contribution in [0.5, 0.6) is 11.5 Å². The molecule has 0 aliphatic rings. The SMILES string of the molecule is CCCCCC(C(=O)NCNC(=O)c1ccc(-c2cc(O)cc(OCC)c2)o1)[C@@H](CC)N(C=O)OCc1ccccc1. The first-order valence-electron chi connectivity index (χ1n) is 14.4. The molecule has 0 radical (unpaired) electrons. The van der Waals surface area contributed by atoms with Crippen molar-refractivity contribution in [3.05, 3.63) is 72.0 Å². The molecule has 0 fully saturated rings. The lowest BCUT2D eigenvalue weighted by Gasteiger charge is -2.32. The Morgan fingerprint density at radius 2 is 1.81 bits per heavy atom. The van der Waals surface area contributed by atoms with Crippen LogP contribution in [0.25, 0.3) is 11.3 Å². The van der Waals surface area contributed by atoms with Gasteiger partial charge >= 0.3 is 0 Å². The van der Waals surface area contributed by atoms with Crippen molar-refractivity contribution in [2.24, 2.45) is 5.92 Å². The molecular formula is C32H41N3O7. The molecule has 42 heavy (non-hydrogen) atoms. The van der Waals surface area contributed by atoms with Gasteiger partial charge in [0.2, 0.25) is 12.3 Å². The van der Waals surface area contributed by atoms with Crippen molar-refractivity contribution in [1.82, 2.24) is 15.7 Å². The smallest absolute Gasteiger partial charge is 0.288 e. The van der Waals surface area contributed by atoms with Crippen LogP contribution in [-0.4, -0.2) is 47.7 Å². The predicted octanol–water partition coefficient (Wildman–Crippen LogP) is 5.42. The molecule has 0 bridgehead atoms. The summed E-state index contributed by atoms with van der Waals surface area (Å²) in [6.45, 7) is 6.35. The molecule has 3 aromatic rings. The number of furan rings is 1. The van der Waals surface area contributed by atoms with E-state index in [2.05, 4.69) is 17.6 Å². The van der Waals surface area contributed by atoms with Crippen molar-refractivity contribution in [3.8, 4) is 22.8 Å². The molecule has 0 aliphatic carbocycles. The topological polar surface area (TPSA) is 130 Å². The van der Waals surface area contributed by atoms with Gasteiger partial charge in [0, 0.05) is 11.6 Å². The Hall–Kier alpha value is -4.31. The van der Waals surface area contributed by atoms with E-state index in [0.717, 1.165) is 24.8 Å². The number of unbranched alkanes of at least 4 members (excludes halogenated alkanes) is 2. The van der Waals surface area contributed by atoms with Crippen LogP contribution in [0.3, 0.4) is 0 Å². The van der Waals surface area contributed by atoms with E-state index in [4.69, 9.17) is 14.0 Å². The standard InChI is InChI=1S/C32H41N3O7/c1-4-7-9-14-27(28(5-2)35(22-36)41-20-23-12-10-8-11-13-23)31(38)33-21-34-32(39)30-16-15-29(42-30)24-17-25(37)19-26(18-24)40-6-3/h8,10-13,15-19,22,27-28,37H,4-7,9,14,20-21H2,1-3H3,(H,33,38)(H,34,39)/t27?,28-/m1/s1. The van der Waals surface area contributed by atoms with Gasteiger partial charge in [0.15, 0.2) is 5.76 Å². The molecule has 1 aromatic heterocycles. The Bertz CT molecular complexity index is 1280. The summed E-state index contributed by atoms with van der Waals surface area (Å²) in [6, 6.07) is 16.9. The van der Waals surface area contributed by atoms with Crippen LogP contribution in [-0.2, 0) is 21.0 Å². The largest absolute Gasteiger partial charge is 0.508 e. The average Bonchev–Trinajstić information content (AvgIpc) is 3.49. The number of phenols is 1. The van der Waals surface area contributed by atoms with E-state index in [1.807, 2.05) is 44.2 Å². The van der Waals surface area contributed by atoms with Gasteiger partial charge in [-0.05, 0) is 49.6 Å². The van der Waals surface area contributed by atoms with Crippen molar-refractivity contribution in [2.45, 2.75) is 65.5 Å². The second kappa shape index (κ2) is 16.8. The zero-order valence-electron chi connectivity index (χ0n) is 24.5. The Balaban J connectivity index is 1.62. The normalized spacial score (nSPS) is 12.3. The molecule has 226 valence electrons. The van der Waals surface area contributed by atoms with Crippen LogP contribution < -0.4 is 15.4 Å². The molecule has 0 saturated heterocycles. The zero-order chi connectivity index (χ0) is 30.3. The van der Waals surface area contributed by atoms with Gasteiger partial charge in [0.1, 0.15) is 23.9 Å². The molecule has 3 N–H and O–H groups in total. The molecule has 2 atom stereocenters. The number of nitrogens with one attached hydrogen (secondary N) is 2. The van der Waals surface area contributed by atoms with Gasteiger partial charge in [-0.1, -0.05) is 63.4 Å². The summed E-state index contributed by atoms with van der Waals surface area (Å²) in [5.41, 5.74) is 1.47. The molecule has 0 aliphatic heterocycles. The van der Waals surface area contributed by atoms with Crippen molar-refractivity contribution >= 4 is 18.2 Å². The van der Waals surface area contributed by atoms with E-state index < -0.39 is 17.9 Å². The Kier molecular flexibility index (Phi) is 12.9. The van der Waals surface area contributed by atoms with E-state index in [0.29, 0.717) is 42.9 Å². The Labute approximate surface area is 246 Å². The molecule has 3 amide bonds. The number of nitrogens with zero attached hydrogens (tertiary/aromatic N) is 1. The summed E-state index contributed by atoms with van der Waals surface area (Å²) in [5.74, 6) is -0.396. The summed E-state index contributed by atoms with van der Waals surface area (Å²) in [6.07, 6.45) is 4.47. The average molecular weight is 580 g/mol. The maximum Gasteiger partial charge on any atom is 0.288 e. The lowest BCUT2D eigenvalue weighted by molar-refractivity contribution is -0.200. The fourth-order valence-corrected chi connectivity index (χ4v) is 4.70. The van der Waals surface area contributed by atoms with Crippen molar-refractivity contribution in [3.63, 3.8) is 0 Å². The third-order valence-corrected chi connectivity index (χ3v) is 6.82. The highest BCUT2D eigenvalue weighted by molar-refractivity contribution is 5.92. The van der Waals surface area contributed by atoms with Gasteiger partial charge in [0.25, 0.3) is 5.91 Å². The van der Waals surface area contributed by atoms with Gasteiger partial charge in [0.05, 0.1) is 25.2 Å². The number of benzene rings is 2. The zero-order valence-corrected chi connectivity index (χ0v) is 24.5. The van der Waals surface area contributed by atoms with Gasteiger partial charge in [-0.15, -0.1) is 0 Å². The number of hydroxylamine groups is 2. The van der Waals surface area contributed by atoms with Crippen molar-refractivity contribution in [1.29, 1.82) is 0 Å². The molecule has 0 spiro atoms. The summed E-state index contributed by atoms with van der Waals surface area (Å²) < 4.78 is 11.2. The van der Waals surface area contributed by atoms with E-state index in [1.165, 1.54) is 23.3 Å². The lowest BCUT2D eigenvalue weighted by Crippen LogP contribution is -2.48. The van der Waals surface area contributed by atoms with Gasteiger partial charge in [-0.2, -0.15) is 0 Å². The van der Waals surface area contributed by atoms with E-state index in [-0.39, 0.29) is 30.7 Å². The van der Waals surface area contributed by atoms with Gasteiger partial charge < -0.3 is 24.9 Å². The van der Waals surface area contributed by atoms with Crippen LogP contribution in [0.4, 0.5) is 0 Å². The first kappa shape index (κ1) is 32.2. The van der Waals surface area contributed by atoms with E-state index in [9.17, 15) is 19.5 Å². The number of phenolic OH excluding ortho intramolecular Hbond substituents is 1. The second-order valence-corrected chi connectivity index (χ2v) is 9.84. The summed E-state index contributed by atoms with van der Waals surface area (Å²) in [4.78, 5) is 43.9. The Morgan fingerprint density at radius 1 is 1.02 bits per heavy atom. The number of aromatic hydroxyl groups is 1. The summed E-state index contributed by atoms with van der Waals surface area (Å²) >= 11 is 0. The minimum absolute atomic E-state index is 0.0125.